The van der Waals surface area contributed by atoms with Gasteiger partial charge in [0.2, 0.25) is 0 Å². The summed E-state index contributed by atoms with van der Waals surface area (Å²) in [5.41, 5.74) is 2.35. The van der Waals surface area contributed by atoms with E-state index in [0.29, 0.717) is 49.3 Å². The molecule has 2 aromatic rings. The van der Waals surface area contributed by atoms with Crippen LogP contribution in [0.3, 0.4) is 0 Å². The molecule has 0 saturated carbocycles. The first-order valence-corrected chi connectivity index (χ1v) is 12.1. The molecular weight excluding hydrogens is 444 g/mol. The Balaban J connectivity index is 2.17. The number of likely N-dealkylation sites (tertiary alicyclic amines) is 1. The van der Waals surface area contributed by atoms with Crippen LogP contribution >= 0.6 is 0 Å². The van der Waals surface area contributed by atoms with Gasteiger partial charge in [-0.15, -0.1) is 0 Å². The molecule has 1 saturated heterocycles. The molecule has 7 nitrogen and oxygen atoms in total. The Kier molecular flexibility index (Phi) is 8.57. The topological polar surface area (TPSA) is 79.3 Å². The highest BCUT2D eigenvalue weighted by Crippen LogP contribution is 2.41. The fraction of sp³-hybridized carbons (Fsp3) is 0.429. The molecule has 1 aliphatic rings. The Morgan fingerprint density at radius 3 is 2.26 bits per heavy atom. The van der Waals surface area contributed by atoms with Crippen LogP contribution in [0.2, 0.25) is 0 Å². The van der Waals surface area contributed by atoms with Crippen molar-refractivity contribution < 1.29 is 24.2 Å². The third-order valence-corrected chi connectivity index (χ3v) is 6.07. The Morgan fingerprint density at radius 1 is 1.03 bits per heavy atom. The van der Waals surface area contributed by atoms with Crippen LogP contribution in [0, 0.1) is 0 Å². The highest BCUT2D eigenvalue weighted by molar-refractivity contribution is 6.46. The summed E-state index contributed by atoms with van der Waals surface area (Å²) >= 11 is 0. The molecule has 1 fully saturated rings. The minimum Gasteiger partial charge on any atom is -0.507 e. The van der Waals surface area contributed by atoms with Crippen molar-refractivity contribution in [3.63, 3.8) is 0 Å². The van der Waals surface area contributed by atoms with E-state index in [1.54, 1.807) is 23.1 Å². The molecule has 7 heteroatoms. The molecule has 1 unspecified atom stereocenters. The normalized spacial score (nSPS) is 17.5. The first-order chi connectivity index (χ1) is 16.7. The van der Waals surface area contributed by atoms with Crippen LogP contribution in [0.1, 0.15) is 56.3 Å². The van der Waals surface area contributed by atoms with Crippen LogP contribution in [0.15, 0.2) is 48.0 Å². The molecule has 0 aliphatic carbocycles. The maximum Gasteiger partial charge on any atom is 0.295 e. The number of carbonyl (C=O) groups is 2. The maximum atomic E-state index is 13.3. The van der Waals surface area contributed by atoms with Crippen LogP contribution in [0.5, 0.6) is 11.5 Å². The van der Waals surface area contributed by atoms with Gasteiger partial charge in [0, 0.05) is 19.2 Å². The van der Waals surface area contributed by atoms with Gasteiger partial charge in [-0.05, 0) is 57.1 Å². The molecule has 0 aromatic heterocycles. The number of aliphatic hydroxyl groups excluding tert-OH is 1. The van der Waals surface area contributed by atoms with Gasteiger partial charge in [-0.1, -0.05) is 38.1 Å². The van der Waals surface area contributed by atoms with Crippen LogP contribution in [0.25, 0.3) is 5.76 Å². The Labute approximate surface area is 207 Å². The molecule has 1 amide bonds. The highest BCUT2D eigenvalue weighted by atomic mass is 16.5. The number of ether oxygens (including phenoxy) is 2. The van der Waals surface area contributed by atoms with E-state index in [-0.39, 0.29) is 11.3 Å². The molecular formula is C28H36N2O5. The van der Waals surface area contributed by atoms with Crippen molar-refractivity contribution in [2.45, 2.75) is 39.7 Å². The number of ketones is 1. The lowest BCUT2D eigenvalue weighted by Gasteiger charge is -2.27. The van der Waals surface area contributed by atoms with E-state index in [0.717, 1.165) is 11.1 Å². The van der Waals surface area contributed by atoms with Crippen molar-refractivity contribution in [3.05, 3.63) is 64.7 Å². The van der Waals surface area contributed by atoms with E-state index in [2.05, 4.69) is 13.8 Å². The van der Waals surface area contributed by atoms with E-state index in [1.807, 2.05) is 57.1 Å². The summed E-state index contributed by atoms with van der Waals surface area (Å²) in [5.74, 6) is -0.225. The second-order valence-corrected chi connectivity index (χ2v) is 9.14. The Hall–Kier alpha value is -3.32. The van der Waals surface area contributed by atoms with Gasteiger partial charge >= 0.3 is 0 Å². The molecule has 35 heavy (non-hydrogen) atoms. The average Bonchev–Trinajstić information content (AvgIpc) is 3.08. The van der Waals surface area contributed by atoms with Gasteiger partial charge in [0.15, 0.2) is 0 Å². The summed E-state index contributed by atoms with van der Waals surface area (Å²) in [6.45, 7) is 9.74. The monoisotopic (exact) mass is 480 g/mol. The molecule has 2 aromatic carbocycles. The van der Waals surface area contributed by atoms with Gasteiger partial charge in [-0.25, -0.2) is 0 Å². The van der Waals surface area contributed by atoms with E-state index < -0.39 is 17.7 Å². The van der Waals surface area contributed by atoms with E-state index in [9.17, 15) is 14.7 Å². The molecule has 0 bridgehead atoms. The number of amides is 1. The molecule has 1 N–H and O–H groups in total. The van der Waals surface area contributed by atoms with Crippen molar-refractivity contribution >= 4 is 17.4 Å². The molecule has 188 valence electrons. The first kappa shape index (κ1) is 26.3. The number of nitrogens with zero attached hydrogens (tertiary/aromatic N) is 2. The number of hydrogen-bond donors (Lipinski definition) is 1. The van der Waals surface area contributed by atoms with Crippen LogP contribution < -0.4 is 9.47 Å². The number of hydrogen-bond acceptors (Lipinski definition) is 6. The first-order valence-electron chi connectivity index (χ1n) is 12.1. The summed E-state index contributed by atoms with van der Waals surface area (Å²) in [7, 11) is 3.83. The quantitative estimate of drug-likeness (QED) is 0.304. The van der Waals surface area contributed by atoms with Crippen molar-refractivity contribution in [2.24, 2.45) is 0 Å². The Morgan fingerprint density at radius 2 is 1.69 bits per heavy atom. The third kappa shape index (κ3) is 5.68. The Bertz CT molecular complexity index is 1090. The number of aliphatic hydroxyl groups is 1. The molecule has 0 spiro atoms. The lowest BCUT2D eigenvalue weighted by molar-refractivity contribution is -0.140. The fourth-order valence-corrected chi connectivity index (χ4v) is 4.20. The SMILES string of the molecule is CCOc1ccc(/C(O)=C2/C(=O)C(=O)N(CCN(C)C)C2c2ccc(C(C)C)cc2)c(OCC)c1. The number of likely N-dealkylation sites (N-methyl/N-ethyl adjacent to an activating group) is 1. The number of benzene rings is 2. The van der Waals surface area contributed by atoms with E-state index in [1.165, 1.54) is 0 Å². The zero-order valence-electron chi connectivity index (χ0n) is 21.5. The second-order valence-electron chi connectivity index (χ2n) is 9.14. The van der Waals surface area contributed by atoms with Crippen LogP contribution in [-0.4, -0.2) is 67.0 Å². The molecule has 3 rings (SSSR count). The zero-order chi connectivity index (χ0) is 25.7. The summed E-state index contributed by atoms with van der Waals surface area (Å²) in [6, 6.07) is 12.3. The number of Topliss-reactive ketones (excluding diaryl/α,β-unsaturated/α-hetero) is 1. The predicted molar refractivity (Wildman–Crippen MR) is 137 cm³/mol. The number of rotatable bonds is 10. The summed E-state index contributed by atoms with van der Waals surface area (Å²) in [4.78, 5) is 29.9. The van der Waals surface area contributed by atoms with Crippen molar-refractivity contribution in [3.8, 4) is 11.5 Å². The fourth-order valence-electron chi connectivity index (χ4n) is 4.20. The summed E-state index contributed by atoms with van der Waals surface area (Å²) in [6.07, 6.45) is 0. The largest absolute Gasteiger partial charge is 0.507 e. The molecule has 1 atom stereocenters. The summed E-state index contributed by atoms with van der Waals surface area (Å²) in [5, 5.41) is 11.5. The lowest BCUT2D eigenvalue weighted by atomic mass is 9.93. The molecule has 1 aliphatic heterocycles. The minimum absolute atomic E-state index is 0.0659. The summed E-state index contributed by atoms with van der Waals surface area (Å²) < 4.78 is 11.3. The zero-order valence-corrected chi connectivity index (χ0v) is 21.5. The van der Waals surface area contributed by atoms with Crippen LogP contribution in [0.4, 0.5) is 0 Å². The third-order valence-electron chi connectivity index (χ3n) is 6.07. The van der Waals surface area contributed by atoms with Gasteiger partial charge < -0.3 is 24.4 Å². The number of carbonyl (C=O) groups excluding carboxylic acids is 2. The predicted octanol–water partition coefficient (Wildman–Crippen LogP) is 4.59. The standard InChI is InChI=1S/C28H36N2O5/c1-7-34-21-13-14-22(23(17-21)35-8-2)26(31)24-25(20-11-9-19(10-12-20)18(3)4)30(16-15-29(5)6)28(33)27(24)32/h9-14,17-18,25,31H,7-8,15-16H2,1-6H3/b26-24-. The average molecular weight is 481 g/mol. The maximum absolute atomic E-state index is 13.3. The van der Waals surface area contributed by atoms with E-state index >= 15 is 0 Å². The second kappa shape index (κ2) is 11.4. The van der Waals surface area contributed by atoms with Crippen molar-refractivity contribution in [1.29, 1.82) is 0 Å². The van der Waals surface area contributed by atoms with Gasteiger partial charge in [0.1, 0.15) is 17.3 Å². The van der Waals surface area contributed by atoms with Crippen LogP contribution in [-0.2, 0) is 9.59 Å². The smallest absolute Gasteiger partial charge is 0.295 e. The van der Waals surface area contributed by atoms with Gasteiger partial charge in [0.05, 0.1) is 30.4 Å². The molecule has 1 heterocycles. The molecule has 0 radical (unpaired) electrons. The highest BCUT2D eigenvalue weighted by Gasteiger charge is 2.46. The van der Waals surface area contributed by atoms with Gasteiger partial charge in [-0.2, -0.15) is 0 Å². The van der Waals surface area contributed by atoms with Gasteiger partial charge in [-0.3, -0.25) is 9.59 Å². The van der Waals surface area contributed by atoms with E-state index in [4.69, 9.17) is 9.47 Å². The van der Waals surface area contributed by atoms with Gasteiger partial charge in [0.25, 0.3) is 11.7 Å². The minimum atomic E-state index is -0.699. The van der Waals surface area contributed by atoms with Crippen molar-refractivity contribution in [2.75, 3.05) is 40.4 Å². The lowest BCUT2D eigenvalue weighted by Crippen LogP contribution is -2.35. The van der Waals surface area contributed by atoms with Crippen molar-refractivity contribution in [1.82, 2.24) is 9.80 Å².